The number of rotatable bonds is 8. The first-order valence-corrected chi connectivity index (χ1v) is 5.37. The van der Waals surface area contributed by atoms with E-state index in [1.165, 1.54) is 13.3 Å². The Hall–Kier alpha value is -0.560. The summed E-state index contributed by atoms with van der Waals surface area (Å²) in [6, 6.07) is 0. The van der Waals surface area contributed by atoms with E-state index >= 15 is 0 Å². The Balaban J connectivity index is -0.00000112. The standard InChI is InChI=1S/C10H22N4O2.2ClH/c1-10(12,5-3-4-6-11)9(15)13-7-8-14-16-2;;/h8H,3-7,11-12H2,1-2H3,(H,13,15);2*1H/b14-8+;;/t10-;;/m0../s1. The minimum absolute atomic E-state index is 0. The first-order chi connectivity index (χ1) is 7.54. The Morgan fingerprint density at radius 2 is 2.06 bits per heavy atom. The number of unbranched alkanes of at least 4 members (excludes halogenated alkanes) is 1. The van der Waals surface area contributed by atoms with Gasteiger partial charge in [0.15, 0.2) is 0 Å². The Morgan fingerprint density at radius 3 is 2.56 bits per heavy atom. The molecule has 0 spiro atoms. The lowest BCUT2D eigenvalue weighted by atomic mass is 9.95. The van der Waals surface area contributed by atoms with Gasteiger partial charge in [0.1, 0.15) is 7.11 Å². The van der Waals surface area contributed by atoms with E-state index in [0.717, 1.165) is 12.8 Å². The van der Waals surface area contributed by atoms with Crippen LogP contribution in [-0.4, -0.2) is 37.9 Å². The smallest absolute Gasteiger partial charge is 0.240 e. The SMILES string of the molecule is CO/N=C/CNC(=O)[C@@](C)(N)CCCCN.Cl.Cl. The van der Waals surface area contributed by atoms with Gasteiger partial charge in [-0.05, 0) is 32.7 Å². The van der Waals surface area contributed by atoms with E-state index in [9.17, 15) is 4.79 Å². The van der Waals surface area contributed by atoms with Crippen molar-refractivity contribution in [3.05, 3.63) is 0 Å². The van der Waals surface area contributed by atoms with Gasteiger partial charge >= 0.3 is 0 Å². The van der Waals surface area contributed by atoms with E-state index < -0.39 is 5.54 Å². The molecule has 0 bridgehead atoms. The van der Waals surface area contributed by atoms with Gasteiger partial charge in [0, 0.05) is 0 Å². The zero-order chi connectivity index (χ0) is 12.4. The molecule has 18 heavy (non-hydrogen) atoms. The predicted molar refractivity (Wildman–Crippen MR) is 78.5 cm³/mol. The topological polar surface area (TPSA) is 103 Å². The number of carbonyl (C=O) groups is 1. The number of nitrogens with zero attached hydrogens (tertiary/aromatic N) is 1. The number of hydrogen-bond donors (Lipinski definition) is 3. The zero-order valence-electron chi connectivity index (χ0n) is 10.8. The molecular formula is C10H24Cl2N4O2. The van der Waals surface area contributed by atoms with Crippen LogP contribution in [0.4, 0.5) is 0 Å². The van der Waals surface area contributed by atoms with Crippen molar-refractivity contribution in [1.29, 1.82) is 0 Å². The highest BCUT2D eigenvalue weighted by Crippen LogP contribution is 2.10. The largest absolute Gasteiger partial charge is 0.399 e. The fraction of sp³-hybridized carbons (Fsp3) is 0.800. The van der Waals surface area contributed by atoms with Crippen molar-refractivity contribution in [1.82, 2.24) is 5.32 Å². The molecule has 0 unspecified atom stereocenters. The van der Waals surface area contributed by atoms with Crippen molar-refractivity contribution in [2.24, 2.45) is 16.6 Å². The van der Waals surface area contributed by atoms with Gasteiger partial charge in [-0.2, -0.15) is 0 Å². The van der Waals surface area contributed by atoms with E-state index in [1.807, 2.05) is 0 Å². The predicted octanol–water partition coefficient (Wildman–Crippen LogP) is 0.425. The van der Waals surface area contributed by atoms with Crippen molar-refractivity contribution in [2.75, 3.05) is 20.2 Å². The molecule has 110 valence electrons. The molecule has 0 fully saturated rings. The fourth-order valence-corrected chi connectivity index (χ4v) is 1.20. The average Bonchev–Trinajstić information content (AvgIpc) is 2.24. The number of oxime groups is 1. The molecular weight excluding hydrogens is 279 g/mol. The number of halogens is 2. The highest BCUT2D eigenvalue weighted by atomic mass is 35.5. The molecule has 6 nitrogen and oxygen atoms in total. The van der Waals surface area contributed by atoms with Crippen LogP contribution in [0.1, 0.15) is 26.2 Å². The lowest BCUT2D eigenvalue weighted by molar-refractivity contribution is -0.125. The van der Waals surface area contributed by atoms with Crippen LogP contribution in [0, 0.1) is 0 Å². The number of amides is 1. The molecule has 0 rings (SSSR count). The van der Waals surface area contributed by atoms with E-state index in [2.05, 4.69) is 15.3 Å². The molecule has 0 aliphatic rings. The van der Waals surface area contributed by atoms with Crippen molar-refractivity contribution >= 4 is 36.9 Å². The van der Waals surface area contributed by atoms with Gasteiger partial charge < -0.3 is 21.6 Å². The second-order valence-electron chi connectivity index (χ2n) is 3.84. The lowest BCUT2D eigenvalue weighted by Crippen LogP contribution is -2.51. The molecule has 0 aromatic carbocycles. The van der Waals surface area contributed by atoms with Crippen molar-refractivity contribution in [3.63, 3.8) is 0 Å². The molecule has 5 N–H and O–H groups in total. The number of nitrogens with two attached hydrogens (primary N) is 2. The summed E-state index contributed by atoms with van der Waals surface area (Å²) < 4.78 is 0. The second kappa shape index (κ2) is 12.9. The molecule has 1 amide bonds. The third-order valence-electron chi connectivity index (χ3n) is 2.20. The van der Waals surface area contributed by atoms with Gasteiger partial charge in [-0.15, -0.1) is 24.8 Å². The number of carbonyl (C=O) groups excluding carboxylic acids is 1. The van der Waals surface area contributed by atoms with Crippen LogP contribution in [0.5, 0.6) is 0 Å². The van der Waals surface area contributed by atoms with E-state index in [4.69, 9.17) is 11.5 Å². The molecule has 0 saturated carbocycles. The van der Waals surface area contributed by atoms with Crippen LogP contribution in [0.25, 0.3) is 0 Å². The first kappa shape index (κ1) is 22.6. The summed E-state index contributed by atoms with van der Waals surface area (Å²) in [5, 5.41) is 6.16. The minimum atomic E-state index is -0.851. The van der Waals surface area contributed by atoms with E-state index in [1.54, 1.807) is 6.92 Å². The molecule has 8 heteroatoms. The average molecular weight is 303 g/mol. The molecule has 0 aliphatic carbocycles. The summed E-state index contributed by atoms with van der Waals surface area (Å²) in [6.45, 7) is 2.65. The molecule has 0 radical (unpaired) electrons. The maximum Gasteiger partial charge on any atom is 0.240 e. The Kier molecular flexibility index (Phi) is 16.2. The van der Waals surface area contributed by atoms with Crippen LogP contribution in [0.3, 0.4) is 0 Å². The summed E-state index contributed by atoms with van der Waals surface area (Å²) in [5.74, 6) is -0.188. The van der Waals surface area contributed by atoms with Crippen molar-refractivity contribution in [3.8, 4) is 0 Å². The molecule has 0 aromatic heterocycles. The highest BCUT2D eigenvalue weighted by Gasteiger charge is 2.26. The summed E-state index contributed by atoms with van der Waals surface area (Å²) >= 11 is 0. The van der Waals surface area contributed by atoms with Gasteiger partial charge in [-0.25, -0.2) is 0 Å². The number of nitrogens with one attached hydrogen (secondary N) is 1. The Labute approximate surface area is 121 Å². The van der Waals surface area contributed by atoms with Gasteiger partial charge in [0.25, 0.3) is 0 Å². The summed E-state index contributed by atoms with van der Waals surface area (Å²) in [4.78, 5) is 16.1. The third-order valence-corrected chi connectivity index (χ3v) is 2.20. The van der Waals surface area contributed by atoms with Crippen LogP contribution in [-0.2, 0) is 9.63 Å². The van der Waals surface area contributed by atoms with Crippen LogP contribution >= 0.6 is 24.8 Å². The monoisotopic (exact) mass is 302 g/mol. The highest BCUT2D eigenvalue weighted by molar-refractivity contribution is 5.87. The van der Waals surface area contributed by atoms with Crippen molar-refractivity contribution < 1.29 is 9.63 Å². The quantitative estimate of drug-likeness (QED) is 0.343. The lowest BCUT2D eigenvalue weighted by Gasteiger charge is -2.22. The molecule has 0 aliphatic heterocycles. The van der Waals surface area contributed by atoms with Gasteiger partial charge in [0.05, 0.1) is 18.3 Å². The van der Waals surface area contributed by atoms with Crippen LogP contribution in [0.2, 0.25) is 0 Å². The summed E-state index contributed by atoms with van der Waals surface area (Å²) in [7, 11) is 1.44. The third kappa shape index (κ3) is 10.6. The summed E-state index contributed by atoms with van der Waals surface area (Å²) in [5.41, 5.74) is 10.4. The van der Waals surface area contributed by atoms with Crippen molar-refractivity contribution in [2.45, 2.75) is 31.7 Å². The van der Waals surface area contributed by atoms with Gasteiger partial charge in [0.2, 0.25) is 5.91 Å². The second-order valence-corrected chi connectivity index (χ2v) is 3.84. The zero-order valence-corrected chi connectivity index (χ0v) is 12.5. The first-order valence-electron chi connectivity index (χ1n) is 5.37. The summed E-state index contributed by atoms with van der Waals surface area (Å²) in [6.07, 6.45) is 3.82. The fourth-order valence-electron chi connectivity index (χ4n) is 1.20. The van der Waals surface area contributed by atoms with E-state index in [-0.39, 0.29) is 30.7 Å². The van der Waals surface area contributed by atoms with E-state index in [0.29, 0.717) is 19.5 Å². The normalized spacial score (nSPS) is 13.1. The maximum absolute atomic E-state index is 11.7. The molecule has 0 heterocycles. The molecule has 0 aromatic rings. The van der Waals surface area contributed by atoms with Crippen LogP contribution < -0.4 is 16.8 Å². The minimum Gasteiger partial charge on any atom is -0.399 e. The maximum atomic E-state index is 11.7. The number of hydrogen-bond acceptors (Lipinski definition) is 5. The van der Waals surface area contributed by atoms with Gasteiger partial charge in [-0.1, -0.05) is 5.16 Å². The Bertz CT molecular complexity index is 238. The Morgan fingerprint density at radius 1 is 1.44 bits per heavy atom. The molecule has 0 saturated heterocycles. The molecule has 1 atom stereocenters. The van der Waals surface area contributed by atoms with Crippen LogP contribution in [0.15, 0.2) is 5.16 Å². The van der Waals surface area contributed by atoms with Gasteiger partial charge in [-0.3, -0.25) is 4.79 Å².